The first-order chi connectivity index (χ1) is 14.9. The molecule has 0 atom stereocenters. The number of fused-ring (bicyclic) bond motifs is 2. The van der Waals surface area contributed by atoms with Crippen molar-refractivity contribution in [2.45, 2.75) is 6.54 Å². The highest BCUT2D eigenvalue weighted by atomic mass is 32.2. The first kappa shape index (κ1) is 19.8. The van der Waals surface area contributed by atoms with E-state index in [-0.39, 0.29) is 0 Å². The van der Waals surface area contributed by atoms with Crippen LogP contribution in [-0.2, 0) is 16.6 Å². The molecule has 2 N–H and O–H groups in total. The number of aromatic amines is 2. The molecule has 1 saturated heterocycles. The van der Waals surface area contributed by atoms with E-state index < -0.39 is 10.0 Å². The fraction of sp³-hybridized carbons (Fsp3) is 0.273. The van der Waals surface area contributed by atoms with Crippen LogP contribution in [0.3, 0.4) is 0 Å². The second-order valence-corrected chi connectivity index (χ2v) is 9.97. The minimum absolute atomic E-state index is 0.537. The van der Waals surface area contributed by atoms with Crippen LogP contribution in [0.25, 0.3) is 33.2 Å². The van der Waals surface area contributed by atoms with Crippen LogP contribution in [-0.4, -0.2) is 65.2 Å². The van der Waals surface area contributed by atoms with E-state index in [0.29, 0.717) is 18.7 Å². The highest BCUT2D eigenvalue weighted by Crippen LogP contribution is 2.29. The fourth-order valence-electron chi connectivity index (χ4n) is 4.18. The van der Waals surface area contributed by atoms with E-state index in [4.69, 9.17) is 5.26 Å². The average Bonchev–Trinajstić information content (AvgIpc) is 3.36. The van der Waals surface area contributed by atoms with Crippen LogP contribution < -0.4 is 0 Å². The van der Waals surface area contributed by atoms with Crippen LogP contribution >= 0.6 is 0 Å². The van der Waals surface area contributed by atoms with Gasteiger partial charge in [0.1, 0.15) is 5.69 Å². The van der Waals surface area contributed by atoms with Gasteiger partial charge in [0, 0.05) is 49.0 Å². The van der Waals surface area contributed by atoms with E-state index in [1.807, 2.05) is 6.07 Å². The van der Waals surface area contributed by atoms with Gasteiger partial charge in [-0.15, -0.1) is 0 Å². The van der Waals surface area contributed by atoms with E-state index in [1.54, 1.807) is 16.4 Å². The Labute approximate surface area is 180 Å². The zero-order chi connectivity index (χ0) is 21.6. The van der Waals surface area contributed by atoms with Crippen LogP contribution in [0.4, 0.5) is 0 Å². The van der Waals surface area contributed by atoms with E-state index in [1.165, 1.54) is 11.8 Å². The summed E-state index contributed by atoms with van der Waals surface area (Å²) in [4.78, 5) is 5.72. The average molecular weight is 435 g/mol. The second kappa shape index (κ2) is 7.50. The summed E-state index contributed by atoms with van der Waals surface area (Å²) in [5.74, 6) is 0. The van der Waals surface area contributed by atoms with Crippen LogP contribution in [0.2, 0.25) is 0 Å². The number of hydrogen-bond donors (Lipinski definition) is 2. The first-order valence-corrected chi connectivity index (χ1v) is 11.9. The van der Waals surface area contributed by atoms with E-state index >= 15 is 0 Å². The summed E-state index contributed by atoms with van der Waals surface area (Å²) in [6.07, 6.45) is 1.27. The highest BCUT2D eigenvalue weighted by molar-refractivity contribution is 7.88. The number of nitrogens with zero attached hydrogens (tertiary/aromatic N) is 4. The molecule has 4 aromatic rings. The summed E-state index contributed by atoms with van der Waals surface area (Å²) < 4.78 is 24.9. The van der Waals surface area contributed by atoms with Crippen molar-refractivity contribution in [3.05, 3.63) is 53.6 Å². The molecule has 1 aliphatic rings. The van der Waals surface area contributed by atoms with Gasteiger partial charge in [0.15, 0.2) is 0 Å². The molecule has 0 spiro atoms. The molecule has 0 radical (unpaired) electrons. The third-order valence-electron chi connectivity index (χ3n) is 5.84. The summed E-state index contributed by atoms with van der Waals surface area (Å²) in [5, 5.41) is 18.6. The Morgan fingerprint density at radius 3 is 2.61 bits per heavy atom. The molecule has 8 nitrogen and oxygen atoms in total. The Bertz CT molecular complexity index is 1420. The molecule has 0 saturated carbocycles. The SMILES string of the molecule is CS(=O)(=O)N1CCN(Cc2ccc3[nH]c(-c4n[nH]c5cc(C#N)ccc45)cc3c2)CC1. The molecule has 1 fully saturated rings. The summed E-state index contributed by atoms with van der Waals surface area (Å²) >= 11 is 0. The molecule has 3 heterocycles. The van der Waals surface area contributed by atoms with Gasteiger partial charge in [-0.2, -0.15) is 14.7 Å². The second-order valence-electron chi connectivity index (χ2n) is 7.99. The van der Waals surface area contributed by atoms with E-state index in [0.717, 1.165) is 52.8 Å². The number of nitriles is 1. The standard InChI is InChI=1S/C22H22N6O2S/c1-31(29,30)28-8-6-27(7-9-28)14-16-3-5-19-17(10-16)12-21(24-19)22-18-4-2-15(13-23)11-20(18)25-26-22/h2-5,10-12,24H,6-9,14H2,1H3,(H,25,26). The number of piperazine rings is 1. The zero-order valence-corrected chi connectivity index (χ0v) is 17.9. The van der Waals surface area contributed by atoms with Crippen LogP contribution in [0.15, 0.2) is 42.5 Å². The van der Waals surface area contributed by atoms with Gasteiger partial charge < -0.3 is 4.98 Å². The number of rotatable bonds is 4. The first-order valence-electron chi connectivity index (χ1n) is 10.1. The monoisotopic (exact) mass is 434 g/mol. The van der Waals surface area contributed by atoms with E-state index in [9.17, 15) is 8.42 Å². The smallest absolute Gasteiger partial charge is 0.211 e. The van der Waals surface area contributed by atoms with Gasteiger partial charge in [-0.3, -0.25) is 10.00 Å². The van der Waals surface area contributed by atoms with Crippen molar-refractivity contribution in [1.29, 1.82) is 5.26 Å². The molecule has 0 aliphatic carbocycles. The van der Waals surface area contributed by atoms with Gasteiger partial charge in [-0.25, -0.2) is 8.42 Å². The molecule has 158 valence electrons. The third-order valence-corrected chi connectivity index (χ3v) is 7.14. The highest BCUT2D eigenvalue weighted by Gasteiger charge is 2.23. The predicted octanol–water partition coefficient (Wildman–Crippen LogP) is 2.66. The number of sulfonamides is 1. The van der Waals surface area contributed by atoms with Crippen LogP contribution in [0.5, 0.6) is 0 Å². The van der Waals surface area contributed by atoms with Gasteiger partial charge in [0.25, 0.3) is 0 Å². The zero-order valence-electron chi connectivity index (χ0n) is 17.1. The fourth-order valence-corrected chi connectivity index (χ4v) is 5.01. The molecular weight excluding hydrogens is 412 g/mol. The lowest BCUT2D eigenvalue weighted by Crippen LogP contribution is -2.47. The normalized spacial score (nSPS) is 16.1. The lowest BCUT2D eigenvalue weighted by molar-refractivity contribution is 0.182. The third kappa shape index (κ3) is 3.81. The van der Waals surface area contributed by atoms with Gasteiger partial charge in [-0.1, -0.05) is 6.07 Å². The molecule has 0 bridgehead atoms. The molecule has 5 rings (SSSR count). The maximum Gasteiger partial charge on any atom is 0.211 e. The molecule has 2 aromatic carbocycles. The maximum atomic E-state index is 11.7. The minimum atomic E-state index is -3.11. The van der Waals surface area contributed by atoms with E-state index in [2.05, 4.69) is 50.4 Å². The predicted molar refractivity (Wildman–Crippen MR) is 120 cm³/mol. The number of H-pyrrole nitrogens is 2. The number of benzene rings is 2. The van der Waals surface area contributed by atoms with Crippen molar-refractivity contribution in [3.8, 4) is 17.5 Å². The van der Waals surface area contributed by atoms with Crippen molar-refractivity contribution in [3.63, 3.8) is 0 Å². The maximum absolute atomic E-state index is 11.7. The minimum Gasteiger partial charge on any atom is -0.353 e. The molecule has 1 aliphatic heterocycles. The Hall–Kier alpha value is -3.19. The Morgan fingerprint density at radius 1 is 1.06 bits per heavy atom. The number of aromatic nitrogens is 3. The molecular formula is C22H22N6O2S. The lowest BCUT2D eigenvalue weighted by atomic mass is 10.1. The Balaban J connectivity index is 1.37. The Morgan fingerprint density at radius 2 is 1.87 bits per heavy atom. The summed E-state index contributed by atoms with van der Waals surface area (Å²) in [5.41, 5.74) is 5.41. The number of hydrogen-bond acceptors (Lipinski definition) is 5. The number of nitrogens with one attached hydrogen (secondary N) is 2. The van der Waals surface area contributed by atoms with Crippen LogP contribution in [0, 0.1) is 11.3 Å². The Kier molecular flexibility index (Phi) is 4.78. The van der Waals surface area contributed by atoms with Gasteiger partial charge >= 0.3 is 0 Å². The van der Waals surface area contributed by atoms with Crippen molar-refractivity contribution in [2.24, 2.45) is 0 Å². The largest absolute Gasteiger partial charge is 0.353 e. The van der Waals surface area contributed by atoms with Gasteiger partial charge in [-0.05, 0) is 42.0 Å². The molecule has 2 aromatic heterocycles. The molecule has 0 unspecified atom stereocenters. The van der Waals surface area contributed by atoms with Crippen LogP contribution in [0.1, 0.15) is 11.1 Å². The molecule has 0 amide bonds. The van der Waals surface area contributed by atoms with Gasteiger partial charge in [0.2, 0.25) is 10.0 Å². The summed E-state index contributed by atoms with van der Waals surface area (Å²) in [6.45, 7) is 3.32. The molecule has 9 heteroatoms. The summed E-state index contributed by atoms with van der Waals surface area (Å²) in [6, 6.07) is 16.1. The molecule has 31 heavy (non-hydrogen) atoms. The quantitative estimate of drug-likeness (QED) is 0.513. The topological polar surface area (TPSA) is 109 Å². The van der Waals surface area contributed by atoms with Crippen molar-refractivity contribution in [1.82, 2.24) is 24.4 Å². The van der Waals surface area contributed by atoms with Crippen molar-refractivity contribution >= 4 is 31.8 Å². The van der Waals surface area contributed by atoms with Crippen molar-refractivity contribution in [2.75, 3.05) is 32.4 Å². The summed E-state index contributed by atoms with van der Waals surface area (Å²) in [7, 11) is -3.11. The van der Waals surface area contributed by atoms with Crippen molar-refractivity contribution < 1.29 is 8.42 Å². The lowest BCUT2D eigenvalue weighted by Gasteiger charge is -2.33. The van der Waals surface area contributed by atoms with Gasteiger partial charge in [0.05, 0.1) is 29.1 Å².